The number of pyridine rings is 1. The van der Waals surface area contributed by atoms with Gasteiger partial charge in [-0.3, -0.25) is 14.6 Å². The number of nitrogens with zero attached hydrogens (tertiary/aromatic N) is 2. The molecule has 0 unspecified atom stereocenters. The molecular formula is C26H26N2O4S. The van der Waals surface area contributed by atoms with E-state index in [1.165, 1.54) is 16.2 Å². The van der Waals surface area contributed by atoms with E-state index in [2.05, 4.69) is 11.9 Å². The molecular weight excluding hydrogens is 436 g/mol. The minimum Gasteiger partial charge on any atom is -0.507 e. The number of likely N-dealkylation sites (tertiary alicyclic amines) is 1. The highest BCUT2D eigenvalue weighted by molar-refractivity contribution is 7.10. The molecule has 4 rings (SSSR count). The normalized spacial score (nSPS) is 17.5. The molecule has 170 valence electrons. The lowest BCUT2D eigenvalue weighted by Crippen LogP contribution is -2.28. The molecule has 1 atom stereocenters. The Hall–Kier alpha value is -3.45. The Morgan fingerprint density at radius 2 is 2.06 bits per heavy atom. The number of unbranched alkanes of at least 4 members (excludes halogenated alkanes) is 1. The van der Waals surface area contributed by atoms with Gasteiger partial charge >= 0.3 is 0 Å². The number of carbonyl (C=O) groups is 2. The van der Waals surface area contributed by atoms with E-state index in [0.29, 0.717) is 12.2 Å². The molecule has 1 saturated heterocycles. The summed E-state index contributed by atoms with van der Waals surface area (Å²) in [5, 5.41) is 13.1. The van der Waals surface area contributed by atoms with Crippen LogP contribution < -0.4 is 4.74 Å². The number of hydrogen-bond donors (Lipinski definition) is 1. The van der Waals surface area contributed by atoms with Gasteiger partial charge in [-0.05, 0) is 60.2 Å². The highest BCUT2D eigenvalue weighted by Crippen LogP contribution is 2.42. The molecule has 1 aliphatic rings. The summed E-state index contributed by atoms with van der Waals surface area (Å²) in [7, 11) is 0. The molecule has 0 spiro atoms. The van der Waals surface area contributed by atoms with Crippen LogP contribution in [0.4, 0.5) is 0 Å². The molecule has 0 bridgehead atoms. The molecule has 2 aromatic heterocycles. The first kappa shape index (κ1) is 22.7. The van der Waals surface area contributed by atoms with Crippen LogP contribution in [0.3, 0.4) is 0 Å². The fourth-order valence-corrected chi connectivity index (χ4v) is 4.76. The Balaban J connectivity index is 1.73. The highest BCUT2D eigenvalue weighted by atomic mass is 32.1. The van der Waals surface area contributed by atoms with Gasteiger partial charge in [-0.1, -0.05) is 25.5 Å². The zero-order chi connectivity index (χ0) is 23.4. The van der Waals surface area contributed by atoms with Crippen molar-refractivity contribution in [2.75, 3.05) is 6.61 Å². The van der Waals surface area contributed by atoms with Crippen LogP contribution in [0.25, 0.3) is 5.76 Å². The Labute approximate surface area is 197 Å². The second-order valence-electron chi connectivity index (χ2n) is 7.99. The van der Waals surface area contributed by atoms with Crippen molar-refractivity contribution in [2.24, 2.45) is 0 Å². The van der Waals surface area contributed by atoms with Crippen molar-refractivity contribution >= 4 is 28.8 Å². The molecule has 1 aromatic carbocycles. The van der Waals surface area contributed by atoms with E-state index in [1.54, 1.807) is 36.7 Å². The molecule has 1 amide bonds. The largest absolute Gasteiger partial charge is 0.507 e. The predicted molar refractivity (Wildman–Crippen MR) is 128 cm³/mol. The quantitative estimate of drug-likeness (QED) is 0.214. The average molecular weight is 463 g/mol. The third-order valence-corrected chi connectivity index (χ3v) is 6.56. The molecule has 0 radical (unpaired) electrons. The number of amides is 1. The van der Waals surface area contributed by atoms with Crippen LogP contribution in [0.2, 0.25) is 0 Å². The fraction of sp³-hybridized carbons (Fsp3) is 0.269. The summed E-state index contributed by atoms with van der Waals surface area (Å²) in [4.78, 5) is 32.6. The molecule has 1 N–H and O–H groups in total. The summed E-state index contributed by atoms with van der Waals surface area (Å²) < 4.78 is 5.81. The number of hydrogen-bond acceptors (Lipinski definition) is 6. The maximum Gasteiger partial charge on any atom is 0.295 e. The number of ether oxygens (including phenoxy) is 1. The molecule has 0 saturated carbocycles. The second-order valence-corrected chi connectivity index (χ2v) is 8.97. The monoisotopic (exact) mass is 462 g/mol. The van der Waals surface area contributed by atoms with E-state index in [9.17, 15) is 14.7 Å². The lowest BCUT2D eigenvalue weighted by molar-refractivity contribution is -0.140. The maximum absolute atomic E-state index is 13.1. The Morgan fingerprint density at radius 1 is 1.21 bits per heavy atom. The van der Waals surface area contributed by atoms with Gasteiger partial charge in [0.1, 0.15) is 11.5 Å². The molecule has 6 nitrogen and oxygen atoms in total. The van der Waals surface area contributed by atoms with Crippen molar-refractivity contribution in [3.8, 4) is 5.75 Å². The van der Waals surface area contributed by atoms with E-state index in [1.807, 2.05) is 30.5 Å². The van der Waals surface area contributed by atoms with Gasteiger partial charge in [-0.2, -0.15) is 0 Å². The van der Waals surface area contributed by atoms with Crippen molar-refractivity contribution in [3.05, 3.63) is 87.4 Å². The Kier molecular flexibility index (Phi) is 6.89. The summed E-state index contributed by atoms with van der Waals surface area (Å²) in [6.45, 7) is 4.85. The van der Waals surface area contributed by atoms with Crippen molar-refractivity contribution in [2.45, 2.75) is 39.3 Å². The number of thiophene rings is 1. The third kappa shape index (κ3) is 4.68. The van der Waals surface area contributed by atoms with Crippen LogP contribution in [0.15, 0.2) is 65.8 Å². The minimum atomic E-state index is -0.685. The number of rotatable bonds is 8. The van der Waals surface area contributed by atoms with Gasteiger partial charge in [0.15, 0.2) is 0 Å². The zero-order valence-corrected chi connectivity index (χ0v) is 19.5. The first-order valence-electron chi connectivity index (χ1n) is 11.0. The van der Waals surface area contributed by atoms with Crippen LogP contribution in [-0.2, 0) is 16.1 Å². The predicted octanol–water partition coefficient (Wildman–Crippen LogP) is 5.25. The number of aromatic nitrogens is 1. The lowest BCUT2D eigenvalue weighted by atomic mass is 9.98. The van der Waals surface area contributed by atoms with Gasteiger partial charge in [0.2, 0.25) is 0 Å². The van der Waals surface area contributed by atoms with E-state index in [-0.39, 0.29) is 17.9 Å². The summed E-state index contributed by atoms with van der Waals surface area (Å²) in [5.74, 6) is -0.749. The van der Waals surface area contributed by atoms with Crippen molar-refractivity contribution in [3.63, 3.8) is 0 Å². The lowest BCUT2D eigenvalue weighted by Gasteiger charge is -2.24. The van der Waals surface area contributed by atoms with E-state index in [0.717, 1.165) is 34.6 Å². The second kappa shape index (κ2) is 10.0. The van der Waals surface area contributed by atoms with Crippen LogP contribution >= 0.6 is 11.3 Å². The fourth-order valence-electron chi connectivity index (χ4n) is 3.91. The van der Waals surface area contributed by atoms with E-state index >= 15 is 0 Å². The molecule has 3 heterocycles. The molecule has 7 heteroatoms. The minimum absolute atomic E-state index is 0.102. The average Bonchev–Trinajstić information content (AvgIpc) is 3.43. The SMILES string of the molecule is CCCCOc1ccc(C(O)=C2C(=O)C(=O)N(Cc3cccnc3)[C@H]2c2cccs2)cc1C. The summed E-state index contributed by atoms with van der Waals surface area (Å²) in [6.07, 6.45) is 5.33. The van der Waals surface area contributed by atoms with Gasteiger partial charge in [0, 0.05) is 29.4 Å². The number of benzene rings is 1. The standard InChI is InChI=1S/C26H26N2O4S/c1-3-4-12-32-20-10-9-19(14-17(20)2)24(29)22-23(21-8-6-13-33-21)28(26(31)25(22)30)16-18-7-5-11-27-15-18/h5-11,13-15,23,29H,3-4,12,16H2,1-2H3/t23-/m0/s1. The van der Waals surface area contributed by atoms with Gasteiger partial charge in [0.25, 0.3) is 11.7 Å². The maximum atomic E-state index is 13.1. The number of aryl methyl sites for hydroxylation is 1. The van der Waals surface area contributed by atoms with Crippen molar-refractivity contribution < 1.29 is 19.4 Å². The van der Waals surface area contributed by atoms with Crippen molar-refractivity contribution in [1.82, 2.24) is 9.88 Å². The topological polar surface area (TPSA) is 79.7 Å². The van der Waals surface area contributed by atoms with E-state index < -0.39 is 17.7 Å². The third-order valence-electron chi connectivity index (χ3n) is 5.63. The van der Waals surface area contributed by atoms with E-state index in [4.69, 9.17) is 4.74 Å². The zero-order valence-electron chi connectivity index (χ0n) is 18.7. The van der Waals surface area contributed by atoms with Gasteiger partial charge in [0.05, 0.1) is 18.2 Å². The van der Waals surface area contributed by atoms with Gasteiger partial charge in [-0.15, -0.1) is 11.3 Å². The summed E-state index contributed by atoms with van der Waals surface area (Å²) >= 11 is 1.44. The van der Waals surface area contributed by atoms with Crippen molar-refractivity contribution in [1.29, 1.82) is 0 Å². The van der Waals surface area contributed by atoms with Gasteiger partial charge in [-0.25, -0.2) is 0 Å². The first-order chi connectivity index (χ1) is 16.0. The number of aliphatic hydroxyl groups is 1. The van der Waals surface area contributed by atoms with Crippen LogP contribution in [0.1, 0.15) is 47.4 Å². The molecule has 1 fully saturated rings. The summed E-state index contributed by atoms with van der Waals surface area (Å²) in [5.41, 5.74) is 2.25. The number of aliphatic hydroxyl groups excluding tert-OH is 1. The van der Waals surface area contributed by atoms with Crippen LogP contribution in [-0.4, -0.2) is 33.3 Å². The van der Waals surface area contributed by atoms with Crippen LogP contribution in [0.5, 0.6) is 5.75 Å². The highest BCUT2D eigenvalue weighted by Gasteiger charge is 2.46. The van der Waals surface area contributed by atoms with Gasteiger partial charge < -0.3 is 14.7 Å². The van der Waals surface area contributed by atoms with Crippen LogP contribution in [0, 0.1) is 6.92 Å². The number of Topliss-reactive ketones (excluding diaryl/α,β-unsaturated/α-hetero) is 1. The molecule has 3 aromatic rings. The number of carbonyl (C=O) groups excluding carboxylic acids is 2. The smallest absolute Gasteiger partial charge is 0.295 e. The Bertz CT molecular complexity index is 1170. The first-order valence-corrected chi connectivity index (χ1v) is 11.8. The molecule has 0 aliphatic carbocycles. The number of ketones is 1. The molecule has 33 heavy (non-hydrogen) atoms. The summed E-state index contributed by atoms with van der Waals surface area (Å²) in [6, 6.07) is 12.0. The Morgan fingerprint density at radius 3 is 2.73 bits per heavy atom. The molecule has 1 aliphatic heterocycles.